The van der Waals surface area contributed by atoms with E-state index in [4.69, 9.17) is 4.74 Å². The number of methoxy groups -OCH3 is 1. The minimum atomic E-state index is 0.312. The molecule has 2 heteroatoms. The molecule has 1 aromatic carbocycles. The Labute approximate surface area is 111 Å². The normalized spacial score (nSPS) is 22.6. The fourth-order valence-corrected chi connectivity index (χ4v) is 2.98. The molecule has 1 saturated carbocycles. The molecule has 1 N–H and O–H groups in total. The lowest BCUT2D eigenvalue weighted by atomic mass is 10.0. The average Bonchev–Trinajstić information content (AvgIpc) is 2.71. The molecule has 0 saturated heterocycles. The molecule has 0 radical (unpaired) electrons. The molecule has 1 aliphatic rings. The van der Waals surface area contributed by atoms with Gasteiger partial charge in [-0.3, -0.25) is 0 Å². The Morgan fingerprint density at radius 2 is 1.67 bits per heavy atom. The van der Waals surface area contributed by atoms with Gasteiger partial charge in [-0.05, 0) is 23.8 Å². The van der Waals surface area contributed by atoms with Crippen LogP contribution in [0.15, 0.2) is 24.3 Å². The second-order valence-electron chi connectivity index (χ2n) is 6.51. The molecule has 1 aromatic rings. The maximum Gasteiger partial charge on any atom is 0.123 e. The fourth-order valence-electron chi connectivity index (χ4n) is 2.98. The number of hydrogen-bond acceptors (Lipinski definition) is 2. The zero-order chi connectivity index (χ0) is 13.6. The van der Waals surface area contributed by atoms with Crippen molar-refractivity contribution in [1.29, 1.82) is 0 Å². The summed E-state index contributed by atoms with van der Waals surface area (Å²) in [7, 11) is 1.73. The zero-order valence-corrected chi connectivity index (χ0v) is 12.4. The van der Waals surface area contributed by atoms with Crippen LogP contribution in [0.1, 0.15) is 46.2 Å². The molecular weight excluding hydrogens is 222 g/mol. The van der Waals surface area contributed by atoms with Gasteiger partial charge in [0.2, 0.25) is 0 Å². The third kappa shape index (κ3) is 1.93. The van der Waals surface area contributed by atoms with E-state index in [0.717, 1.165) is 5.75 Å². The summed E-state index contributed by atoms with van der Waals surface area (Å²) >= 11 is 0. The SMILES string of the molecule is COc1ccccc1C(C)NC1C(C)(C)C1(C)C. The van der Waals surface area contributed by atoms with Crippen molar-refractivity contribution in [2.45, 2.75) is 46.7 Å². The Kier molecular flexibility index (Phi) is 3.18. The van der Waals surface area contributed by atoms with Crippen LogP contribution in [0.2, 0.25) is 0 Å². The fraction of sp³-hybridized carbons (Fsp3) is 0.625. The third-order valence-corrected chi connectivity index (χ3v) is 5.04. The van der Waals surface area contributed by atoms with Crippen LogP contribution in [-0.4, -0.2) is 13.2 Å². The maximum absolute atomic E-state index is 5.43. The lowest BCUT2D eigenvalue weighted by Crippen LogP contribution is -2.26. The number of benzene rings is 1. The summed E-state index contributed by atoms with van der Waals surface area (Å²) in [6.45, 7) is 11.5. The van der Waals surface area contributed by atoms with E-state index in [1.807, 2.05) is 12.1 Å². The average molecular weight is 247 g/mol. The van der Waals surface area contributed by atoms with E-state index >= 15 is 0 Å². The van der Waals surface area contributed by atoms with Gasteiger partial charge in [0.05, 0.1) is 7.11 Å². The Hall–Kier alpha value is -1.02. The van der Waals surface area contributed by atoms with Gasteiger partial charge in [-0.25, -0.2) is 0 Å². The van der Waals surface area contributed by atoms with E-state index in [0.29, 0.717) is 22.9 Å². The number of ether oxygens (including phenoxy) is 1. The van der Waals surface area contributed by atoms with Gasteiger partial charge in [-0.1, -0.05) is 45.9 Å². The quantitative estimate of drug-likeness (QED) is 0.874. The predicted molar refractivity (Wildman–Crippen MR) is 75.9 cm³/mol. The number of hydrogen-bond donors (Lipinski definition) is 1. The molecule has 0 spiro atoms. The highest BCUT2D eigenvalue weighted by Gasteiger charge is 2.64. The summed E-state index contributed by atoms with van der Waals surface area (Å²) in [5, 5.41) is 3.75. The molecule has 0 heterocycles. The number of rotatable bonds is 4. The summed E-state index contributed by atoms with van der Waals surface area (Å²) in [5.74, 6) is 0.966. The van der Waals surface area contributed by atoms with E-state index in [1.165, 1.54) is 5.56 Å². The van der Waals surface area contributed by atoms with Crippen molar-refractivity contribution >= 4 is 0 Å². The first-order valence-electron chi connectivity index (χ1n) is 6.71. The first kappa shape index (κ1) is 13.4. The lowest BCUT2D eigenvalue weighted by molar-refractivity contribution is 0.397. The molecule has 1 fully saturated rings. The van der Waals surface area contributed by atoms with Crippen LogP contribution in [0.25, 0.3) is 0 Å². The van der Waals surface area contributed by atoms with Gasteiger partial charge < -0.3 is 10.1 Å². The standard InChI is InChI=1S/C16H25NO/c1-11(12-9-7-8-10-13(12)18-6)17-14-15(2,3)16(14,4)5/h7-11,14,17H,1-6H3. The van der Waals surface area contributed by atoms with Crippen LogP contribution in [0, 0.1) is 10.8 Å². The minimum Gasteiger partial charge on any atom is -0.496 e. The van der Waals surface area contributed by atoms with Crippen molar-refractivity contribution in [1.82, 2.24) is 5.32 Å². The molecule has 2 rings (SSSR count). The number of para-hydroxylation sites is 1. The van der Waals surface area contributed by atoms with E-state index in [-0.39, 0.29) is 0 Å². The second-order valence-corrected chi connectivity index (χ2v) is 6.51. The molecule has 100 valence electrons. The smallest absolute Gasteiger partial charge is 0.123 e. The Balaban J connectivity index is 2.12. The predicted octanol–water partition coefficient (Wildman–Crippen LogP) is 3.78. The molecule has 0 bridgehead atoms. The largest absolute Gasteiger partial charge is 0.496 e. The molecule has 18 heavy (non-hydrogen) atoms. The summed E-state index contributed by atoms with van der Waals surface area (Å²) in [5.41, 5.74) is 1.96. The summed E-state index contributed by atoms with van der Waals surface area (Å²) in [6.07, 6.45) is 0. The topological polar surface area (TPSA) is 21.3 Å². The van der Waals surface area contributed by atoms with E-state index < -0.39 is 0 Å². The van der Waals surface area contributed by atoms with E-state index in [1.54, 1.807) is 7.11 Å². The van der Waals surface area contributed by atoms with Crippen LogP contribution in [0.4, 0.5) is 0 Å². The first-order chi connectivity index (χ1) is 8.32. The Morgan fingerprint density at radius 1 is 1.11 bits per heavy atom. The summed E-state index contributed by atoms with van der Waals surface area (Å²) in [4.78, 5) is 0. The van der Waals surface area contributed by atoms with Gasteiger partial charge in [-0.2, -0.15) is 0 Å². The summed E-state index contributed by atoms with van der Waals surface area (Å²) < 4.78 is 5.43. The monoisotopic (exact) mass is 247 g/mol. The highest BCUT2D eigenvalue weighted by molar-refractivity contribution is 5.36. The Bertz CT molecular complexity index is 422. The van der Waals surface area contributed by atoms with Crippen LogP contribution in [0.3, 0.4) is 0 Å². The molecule has 0 aromatic heterocycles. The zero-order valence-electron chi connectivity index (χ0n) is 12.4. The van der Waals surface area contributed by atoms with Crippen molar-refractivity contribution in [2.24, 2.45) is 10.8 Å². The van der Waals surface area contributed by atoms with Crippen LogP contribution in [0.5, 0.6) is 5.75 Å². The van der Waals surface area contributed by atoms with Crippen molar-refractivity contribution in [3.63, 3.8) is 0 Å². The lowest BCUT2D eigenvalue weighted by Gasteiger charge is -2.18. The van der Waals surface area contributed by atoms with Crippen LogP contribution >= 0.6 is 0 Å². The van der Waals surface area contributed by atoms with Crippen molar-refractivity contribution in [3.8, 4) is 5.75 Å². The van der Waals surface area contributed by atoms with Gasteiger partial charge in [0.1, 0.15) is 5.75 Å². The van der Waals surface area contributed by atoms with Gasteiger partial charge >= 0.3 is 0 Å². The van der Waals surface area contributed by atoms with E-state index in [9.17, 15) is 0 Å². The Morgan fingerprint density at radius 3 is 2.17 bits per heavy atom. The van der Waals surface area contributed by atoms with Gasteiger partial charge in [0.25, 0.3) is 0 Å². The molecule has 2 nitrogen and oxygen atoms in total. The van der Waals surface area contributed by atoms with Gasteiger partial charge in [-0.15, -0.1) is 0 Å². The molecule has 1 atom stereocenters. The van der Waals surface area contributed by atoms with Crippen LogP contribution in [-0.2, 0) is 0 Å². The molecule has 0 aliphatic heterocycles. The van der Waals surface area contributed by atoms with Crippen LogP contribution < -0.4 is 10.1 Å². The van der Waals surface area contributed by atoms with Gasteiger partial charge in [0, 0.05) is 17.6 Å². The third-order valence-electron chi connectivity index (χ3n) is 5.04. The van der Waals surface area contributed by atoms with Crippen molar-refractivity contribution < 1.29 is 4.74 Å². The van der Waals surface area contributed by atoms with Crippen molar-refractivity contribution in [3.05, 3.63) is 29.8 Å². The maximum atomic E-state index is 5.43. The first-order valence-corrected chi connectivity index (χ1v) is 6.71. The molecule has 1 aliphatic carbocycles. The minimum absolute atomic E-state index is 0.312. The molecule has 0 amide bonds. The summed E-state index contributed by atoms with van der Waals surface area (Å²) in [6, 6.07) is 9.12. The highest BCUT2D eigenvalue weighted by Crippen LogP contribution is 2.63. The van der Waals surface area contributed by atoms with Crippen molar-refractivity contribution in [2.75, 3.05) is 7.11 Å². The van der Waals surface area contributed by atoms with Gasteiger partial charge in [0.15, 0.2) is 0 Å². The van der Waals surface area contributed by atoms with E-state index in [2.05, 4.69) is 52.1 Å². The molecule has 1 unspecified atom stereocenters. The highest BCUT2D eigenvalue weighted by atomic mass is 16.5. The second kappa shape index (κ2) is 4.27. The molecular formula is C16H25NO. The number of nitrogens with one attached hydrogen (secondary N) is 1.